The number of likely N-dealkylation sites (tertiary alicyclic amines) is 1. The van der Waals surface area contributed by atoms with Crippen LogP contribution in [-0.2, 0) is 16.0 Å². The predicted molar refractivity (Wildman–Crippen MR) is 135 cm³/mol. The van der Waals surface area contributed by atoms with Crippen LogP contribution < -0.4 is 5.32 Å². The SMILES string of the molecule is CN=C(NCCc1c[nH]c2ccc(Cl)cc12)N1CCC(C(=O)N2CCOCC2)CC1.I. The summed E-state index contributed by atoms with van der Waals surface area (Å²) in [5, 5.41) is 5.40. The molecule has 2 aliphatic rings. The molecule has 1 aromatic carbocycles. The summed E-state index contributed by atoms with van der Waals surface area (Å²) in [5.41, 5.74) is 2.34. The summed E-state index contributed by atoms with van der Waals surface area (Å²) in [6.07, 6.45) is 4.68. The van der Waals surface area contributed by atoms with Crippen LogP contribution >= 0.6 is 35.6 Å². The van der Waals surface area contributed by atoms with Crippen molar-refractivity contribution < 1.29 is 9.53 Å². The van der Waals surface area contributed by atoms with E-state index >= 15 is 0 Å². The van der Waals surface area contributed by atoms with Gasteiger partial charge >= 0.3 is 0 Å². The molecule has 31 heavy (non-hydrogen) atoms. The number of carbonyl (C=O) groups is 1. The number of morpholine rings is 1. The van der Waals surface area contributed by atoms with Crippen molar-refractivity contribution in [2.75, 3.05) is 53.0 Å². The van der Waals surface area contributed by atoms with E-state index in [9.17, 15) is 4.79 Å². The number of hydrogen-bond acceptors (Lipinski definition) is 3. The van der Waals surface area contributed by atoms with Gasteiger partial charge in [0.15, 0.2) is 5.96 Å². The maximum Gasteiger partial charge on any atom is 0.225 e. The van der Waals surface area contributed by atoms with Crippen molar-refractivity contribution in [1.29, 1.82) is 0 Å². The maximum absolute atomic E-state index is 12.7. The van der Waals surface area contributed by atoms with E-state index in [4.69, 9.17) is 16.3 Å². The molecule has 0 unspecified atom stereocenters. The van der Waals surface area contributed by atoms with E-state index in [0.717, 1.165) is 68.5 Å². The van der Waals surface area contributed by atoms with Crippen molar-refractivity contribution in [3.05, 3.63) is 35.0 Å². The molecule has 1 aromatic heterocycles. The molecule has 1 amide bonds. The first-order chi connectivity index (χ1) is 14.7. The number of fused-ring (bicyclic) bond motifs is 1. The number of benzene rings is 1. The molecule has 4 rings (SSSR count). The van der Waals surface area contributed by atoms with Gasteiger partial charge in [0.1, 0.15) is 0 Å². The van der Waals surface area contributed by atoms with Gasteiger partial charge in [-0.3, -0.25) is 9.79 Å². The average Bonchev–Trinajstić information content (AvgIpc) is 3.19. The minimum atomic E-state index is 0. The predicted octanol–water partition coefficient (Wildman–Crippen LogP) is 3.13. The Hall–Kier alpha value is -1.52. The number of H-pyrrole nitrogens is 1. The average molecular weight is 560 g/mol. The van der Waals surface area contributed by atoms with Gasteiger partial charge in [-0.1, -0.05) is 11.6 Å². The fourth-order valence-corrected chi connectivity index (χ4v) is 4.55. The third-order valence-corrected chi connectivity index (χ3v) is 6.32. The molecule has 9 heteroatoms. The quantitative estimate of drug-likeness (QED) is 0.343. The number of guanidine groups is 1. The summed E-state index contributed by atoms with van der Waals surface area (Å²) in [6, 6.07) is 5.92. The lowest BCUT2D eigenvalue weighted by Crippen LogP contribution is -2.50. The van der Waals surface area contributed by atoms with Crippen LogP contribution in [0.2, 0.25) is 5.02 Å². The Kier molecular flexibility index (Phi) is 8.85. The van der Waals surface area contributed by atoms with Gasteiger partial charge in [-0.25, -0.2) is 0 Å². The Morgan fingerprint density at radius 2 is 1.97 bits per heavy atom. The van der Waals surface area contributed by atoms with Gasteiger partial charge in [-0.15, -0.1) is 24.0 Å². The fraction of sp³-hybridized carbons (Fsp3) is 0.545. The largest absolute Gasteiger partial charge is 0.378 e. The van der Waals surface area contributed by atoms with E-state index < -0.39 is 0 Å². The van der Waals surface area contributed by atoms with Gasteiger partial charge in [0, 0.05) is 67.8 Å². The molecular formula is C22H31ClIN5O2. The van der Waals surface area contributed by atoms with Crippen LogP contribution in [-0.4, -0.2) is 79.6 Å². The highest BCUT2D eigenvalue weighted by atomic mass is 127. The molecule has 0 saturated carbocycles. The minimum absolute atomic E-state index is 0. The second kappa shape index (κ2) is 11.4. The van der Waals surface area contributed by atoms with E-state index in [1.54, 1.807) is 0 Å². The molecule has 2 N–H and O–H groups in total. The van der Waals surface area contributed by atoms with Crippen LogP contribution in [0.4, 0.5) is 0 Å². The van der Waals surface area contributed by atoms with E-state index in [1.807, 2.05) is 36.3 Å². The summed E-state index contributed by atoms with van der Waals surface area (Å²) in [6.45, 7) is 5.25. The summed E-state index contributed by atoms with van der Waals surface area (Å²) in [4.78, 5) is 24.7. The lowest BCUT2D eigenvalue weighted by molar-refractivity contribution is -0.140. The number of aromatic nitrogens is 1. The van der Waals surface area contributed by atoms with Gasteiger partial charge in [0.05, 0.1) is 13.2 Å². The van der Waals surface area contributed by atoms with Gasteiger partial charge < -0.3 is 24.8 Å². The highest BCUT2D eigenvalue weighted by Gasteiger charge is 2.30. The van der Waals surface area contributed by atoms with Gasteiger partial charge in [0.25, 0.3) is 0 Å². The third kappa shape index (κ3) is 5.84. The van der Waals surface area contributed by atoms with Crippen molar-refractivity contribution in [2.45, 2.75) is 19.3 Å². The number of nitrogens with zero attached hydrogens (tertiary/aromatic N) is 3. The van der Waals surface area contributed by atoms with Crippen LogP contribution in [0.3, 0.4) is 0 Å². The van der Waals surface area contributed by atoms with Crippen LogP contribution in [0.5, 0.6) is 0 Å². The number of aromatic amines is 1. The summed E-state index contributed by atoms with van der Waals surface area (Å²) in [5.74, 6) is 1.32. The normalized spacial score (nSPS) is 18.2. The lowest BCUT2D eigenvalue weighted by Gasteiger charge is -2.36. The molecule has 2 fully saturated rings. The molecule has 3 heterocycles. The number of aliphatic imine (C=N–C) groups is 1. The highest BCUT2D eigenvalue weighted by molar-refractivity contribution is 14.0. The summed E-state index contributed by atoms with van der Waals surface area (Å²) >= 11 is 6.15. The zero-order valence-corrected chi connectivity index (χ0v) is 21.0. The van der Waals surface area contributed by atoms with Crippen molar-refractivity contribution in [2.24, 2.45) is 10.9 Å². The molecule has 2 saturated heterocycles. The standard InChI is InChI=1S/C22H30ClN5O2.HI/c1-24-22(25-7-4-17-15-26-20-3-2-18(23)14-19(17)20)28-8-5-16(6-9-28)21(29)27-10-12-30-13-11-27;/h2-3,14-16,26H,4-13H2,1H3,(H,24,25);1H. The maximum atomic E-state index is 12.7. The number of carbonyl (C=O) groups excluding carboxylic acids is 1. The van der Waals surface area contributed by atoms with Crippen LogP contribution in [0, 0.1) is 5.92 Å². The van der Waals surface area contributed by atoms with E-state index in [2.05, 4.69) is 20.2 Å². The van der Waals surface area contributed by atoms with Crippen molar-refractivity contribution in [3.63, 3.8) is 0 Å². The smallest absolute Gasteiger partial charge is 0.225 e. The zero-order valence-electron chi connectivity index (χ0n) is 17.9. The first-order valence-electron chi connectivity index (χ1n) is 10.7. The van der Waals surface area contributed by atoms with E-state index in [1.165, 1.54) is 10.9 Å². The molecule has 2 aliphatic heterocycles. The molecule has 0 spiro atoms. The number of hydrogen-bond donors (Lipinski definition) is 2. The number of halogens is 2. The van der Waals surface area contributed by atoms with Crippen LogP contribution in [0.25, 0.3) is 10.9 Å². The second-order valence-electron chi connectivity index (χ2n) is 7.93. The first kappa shape index (κ1) is 24.1. The molecule has 170 valence electrons. The van der Waals surface area contributed by atoms with Crippen LogP contribution in [0.15, 0.2) is 29.4 Å². The number of nitrogens with one attached hydrogen (secondary N) is 2. The number of piperidine rings is 1. The van der Waals surface area contributed by atoms with E-state index in [0.29, 0.717) is 19.1 Å². The summed E-state index contributed by atoms with van der Waals surface area (Å²) in [7, 11) is 1.82. The first-order valence-corrected chi connectivity index (χ1v) is 11.1. The van der Waals surface area contributed by atoms with Crippen molar-refractivity contribution in [1.82, 2.24) is 20.1 Å². The Labute approximate surface area is 205 Å². The monoisotopic (exact) mass is 559 g/mol. The second-order valence-corrected chi connectivity index (χ2v) is 8.36. The number of amides is 1. The number of rotatable bonds is 4. The van der Waals surface area contributed by atoms with Crippen LogP contribution in [0.1, 0.15) is 18.4 Å². The lowest BCUT2D eigenvalue weighted by atomic mass is 9.95. The van der Waals surface area contributed by atoms with E-state index in [-0.39, 0.29) is 29.9 Å². The molecule has 0 bridgehead atoms. The van der Waals surface area contributed by atoms with Crippen molar-refractivity contribution >= 4 is 58.3 Å². The van der Waals surface area contributed by atoms with Gasteiger partial charge in [-0.2, -0.15) is 0 Å². The minimum Gasteiger partial charge on any atom is -0.378 e. The summed E-state index contributed by atoms with van der Waals surface area (Å²) < 4.78 is 5.36. The Morgan fingerprint density at radius 3 is 2.68 bits per heavy atom. The van der Waals surface area contributed by atoms with Gasteiger partial charge in [0.2, 0.25) is 5.91 Å². The highest BCUT2D eigenvalue weighted by Crippen LogP contribution is 2.23. The molecular weight excluding hydrogens is 529 g/mol. The molecule has 7 nitrogen and oxygen atoms in total. The molecule has 0 aliphatic carbocycles. The topological polar surface area (TPSA) is 73.0 Å². The van der Waals surface area contributed by atoms with Crippen molar-refractivity contribution in [3.8, 4) is 0 Å². The van der Waals surface area contributed by atoms with Gasteiger partial charge in [-0.05, 0) is 43.0 Å². The Morgan fingerprint density at radius 1 is 1.23 bits per heavy atom. The molecule has 0 atom stereocenters. The Balaban J connectivity index is 0.00000272. The Bertz CT molecular complexity index is 904. The fourth-order valence-electron chi connectivity index (χ4n) is 4.38. The third-order valence-electron chi connectivity index (χ3n) is 6.09. The molecule has 0 radical (unpaired) electrons. The zero-order chi connectivity index (χ0) is 20.9. The number of ether oxygens (including phenoxy) is 1. The molecule has 2 aromatic rings.